The fraction of sp³-hybridized carbons (Fsp3) is 0.381. The Labute approximate surface area is 171 Å². The third-order valence-corrected chi connectivity index (χ3v) is 7.46. The molecular formula is C21H25ClN2O3S. The molecule has 1 saturated heterocycles. The number of hydrogen-bond acceptors (Lipinski definition) is 3. The Morgan fingerprint density at radius 1 is 1.04 bits per heavy atom. The molecule has 0 bridgehead atoms. The lowest BCUT2D eigenvalue weighted by atomic mass is 10.1. The van der Waals surface area contributed by atoms with E-state index in [1.54, 1.807) is 0 Å². The van der Waals surface area contributed by atoms with E-state index in [9.17, 15) is 13.2 Å². The Morgan fingerprint density at radius 2 is 1.71 bits per heavy atom. The van der Waals surface area contributed by atoms with E-state index >= 15 is 0 Å². The highest BCUT2D eigenvalue weighted by Crippen LogP contribution is 2.26. The summed E-state index contributed by atoms with van der Waals surface area (Å²) < 4.78 is 27.6. The van der Waals surface area contributed by atoms with Gasteiger partial charge in [-0.25, -0.2) is 8.42 Å². The van der Waals surface area contributed by atoms with Gasteiger partial charge in [-0.3, -0.25) is 4.79 Å². The second kappa shape index (κ2) is 8.64. The van der Waals surface area contributed by atoms with Crippen LogP contribution in [-0.4, -0.2) is 31.7 Å². The number of carbonyl (C=O) groups excluding carboxylic acids is 1. The fourth-order valence-corrected chi connectivity index (χ4v) is 5.09. The van der Waals surface area contributed by atoms with E-state index in [4.69, 9.17) is 11.6 Å². The molecule has 2 aromatic carbocycles. The third-order valence-electron chi connectivity index (χ3n) is 5.24. The predicted octanol–water partition coefficient (Wildman–Crippen LogP) is 4.77. The first-order valence-corrected chi connectivity index (χ1v) is 11.3. The summed E-state index contributed by atoms with van der Waals surface area (Å²) in [6.45, 7) is 4.91. The van der Waals surface area contributed by atoms with Crippen molar-refractivity contribution in [3.05, 3.63) is 58.1 Å². The standard InChI is InChI=1S/C21H25ClN2O3S/c1-15-8-7-9-20(16(15)2)23-21(25)18-14-17(10-11-19(18)22)28(26,27)24-12-5-3-4-6-13-24/h7-11,14H,3-6,12-13H2,1-2H3,(H,23,25). The van der Waals surface area contributed by atoms with Crippen LogP contribution in [-0.2, 0) is 10.0 Å². The van der Waals surface area contributed by atoms with E-state index in [-0.39, 0.29) is 15.5 Å². The van der Waals surface area contributed by atoms with Crippen LogP contribution in [0.2, 0.25) is 5.02 Å². The molecule has 5 nitrogen and oxygen atoms in total. The SMILES string of the molecule is Cc1cccc(NC(=O)c2cc(S(=O)(=O)N3CCCCCC3)ccc2Cl)c1C. The lowest BCUT2D eigenvalue weighted by Crippen LogP contribution is -2.32. The van der Waals surface area contributed by atoms with Crippen molar-refractivity contribution in [1.29, 1.82) is 0 Å². The van der Waals surface area contributed by atoms with Gasteiger partial charge in [-0.1, -0.05) is 36.6 Å². The molecule has 0 aromatic heterocycles. The van der Waals surface area contributed by atoms with Gasteiger partial charge in [-0.2, -0.15) is 4.31 Å². The lowest BCUT2D eigenvalue weighted by Gasteiger charge is -2.20. The Kier molecular flexibility index (Phi) is 6.43. The second-order valence-corrected chi connectivity index (χ2v) is 9.51. The number of nitrogens with zero attached hydrogens (tertiary/aromatic N) is 1. The summed E-state index contributed by atoms with van der Waals surface area (Å²) in [6, 6.07) is 9.96. The third kappa shape index (κ3) is 4.40. The summed E-state index contributed by atoms with van der Waals surface area (Å²) in [4.78, 5) is 12.9. The van der Waals surface area contributed by atoms with Gasteiger partial charge in [0.1, 0.15) is 0 Å². The van der Waals surface area contributed by atoms with E-state index < -0.39 is 15.9 Å². The molecule has 1 heterocycles. The number of benzene rings is 2. The van der Waals surface area contributed by atoms with Gasteiger partial charge in [0.05, 0.1) is 15.5 Å². The van der Waals surface area contributed by atoms with Crippen LogP contribution in [0.5, 0.6) is 0 Å². The maximum atomic E-state index is 13.0. The van der Waals surface area contributed by atoms with Gasteiger partial charge < -0.3 is 5.32 Å². The highest BCUT2D eigenvalue weighted by atomic mass is 35.5. The summed E-state index contributed by atoms with van der Waals surface area (Å²) in [7, 11) is -3.65. The van der Waals surface area contributed by atoms with Crippen molar-refractivity contribution in [3.8, 4) is 0 Å². The van der Waals surface area contributed by atoms with Gasteiger partial charge in [-0.15, -0.1) is 0 Å². The zero-order valence-corrected chi connectivity index (χ0v) is 17.7. The summed E-state index contributed by atoms with van der Waals surface area (Å²) in [5, 5.41) is 3.06. The number of anilines is 1. The van der Waals surface area contributed by atoms with Gasteiger partial charge in [0.25, 0.3) is 5.91 Å². The number of hydrogen-bond donors (Lipinski definition) is 1. The number of sulfonamides is 1. The normalized spacial score (nSPS) is 15.8. The summed E-state index contributed by atoms with van der Waals surface area (Å²) in [6.07, 6.45) is 3.78. The highest BCUT2D eigenvalue weighted by Gasteiger charge is 2.26. The fourth-order valence-electron chi connectivity index (χ4n) is 3.35. The first-order valence-electron chi connectivity index (χ1n) is 9.48. The molecule has 0 aliphatic carbocycles. The molecule has 0 unspecified atom stereocenters. The van der Waals surface area contributed by atoms with Crippen molar-refractivity contribution >= 4 is 33.2 Å². The van der Waals surface area contributed by atoms with Gasteiger partial charge in [0, 0.05) is 18.8 Å². The smallest absolute Gasteiger partial charge is 0.257 e. The van der Waals surface area contributed by atoms with Crippen LogP contribution in [0.4, 0.5) is 5.69 Å². The molecular weight excluding hydrogens is 396 g/mol. The molecule has 1 fully saturated rings. The number of halogens is 1. The quantitative estimate of drug-likeness (QED) is 0.774. The van der Waals surface area contributed by atoms with E-state index in [1.807, 2.05) is 32.0 Å². The number of aryl methyl sites for hydroxylation is 1. The minimum Gasteiger partial charge on any atom is -0.322 e. The largest absolute Gasteiger partial charge is 0.322 e. The number of carbonyl (C=O) groups is 1. The van der Waals surface area contributed by atoms with E-state index in [1.165, 1.54) is 22.5 Å². The zero-order chi connectivity index (χ0) is 20.3. The van der Waals surface area contributed by atoms with Crippen LogP contribution in [0.15, 0.2) is 41.3 Å². The van der Waals surface area contributed by atoms with Gasteiger partial charge in [0.15, 0.2) is 0 Å². The number of rotatable bonds is 4. The first kappa shape index (κ1) is 20.8. The minimum atomic E-state index is -3.65. The van der Waals surface area contributed by atoms with E-state index in [0.717, 1.165) is 36.8 Å². The molecule has 7 heteroatoms. The van der Waals surface area contributed by atoms with Crippen molar-refractivity contribution in [2.24, 2.45) is 0 Å². The van der Waals surface area contributed by atoms with Gasteiger partial charge >= 0.3 is 0 Å². The molecule has 0 spiro atoms. The molecule has 0 saturated carbocycles. The Bertz CT molecular complexity index is 981. The molecule has 1 N–H and O–H groups in total. The number of amides is 1. The monoisotopic (exact) mass is 420 g/mol. The van der Waals surface area contributed by atoms with Crippen LogP contribution in [0.25, 0.3) is 0 Å². The van der Waals surface area contributed by atoms with Crippen molar-refractivity contribution in [1.82, 2.24) is 4.31 Å². The lowest BCUT2D eigenvalue weighted by molar-refractivity contribution is 0.102. The van der Waals surface area contributed by atoms with Crippen LogP contribution >= 0.6 is 11.6 Å². The summed E-state index contributed by atoms with van der Waals surface area (Å²) >= 11 is 6.22. The van der Waals surface area contributed by atoms with Crippen molar-refractivity contribution in [3.63, 3.8) is 0 Å². The van der Waals surface area contributed by atoms with Gasteiger partial charge in [-0.05, 0) is 62.1 Å². The Balaban J connectivity index is 1.90. The molecule has 150 valence electrons. The van der Waals surface area contributed by atoms with Gasteiger partial charge in [0.2, 0.25) is 10.0 Å². The molecule has 1 aliphatic rings. The number of nitrogens with one attached hydrogen (secondary N) is 1. The topological polar surface area (TPSA) is 66.5 Å². The Hall–Kier alpha value is -1.89. The molecule has 1 aliphatic heterocycles. The Morgan fingerprint density at radius 3 is 2.39 bits per heavy atom. The average Bonchev–Trinajstić information content (AvgIpc) is 2.95. The highest BCUT2D eigenvalue weighted by molar-refractivity contribution is 7.89. The van der Waals surface area contributed by atoms with E-state index in [2.05, 4.69) is 5.32 Å². The van der Waals surface area contributed by atoms with Crippen LogP contribution in [0.1, 0.15) is 47.2 Å². The van der Waals surface area contributed by atoms with Crippen LogP contribution < -0.4 is 5.32 Å². The molecule has 28 heavy (non-hydrogen) atoms. The first-order chi connectivity index (χ1) is 13.3. The average molecular weight is 421 g/mol. The maximum absolute atomic E-state index is 13.0. The predicted molar refractivity (Wildman–Crippen MR) is 113 cm³/mol. The summed E-state index contributed by atoms with van der Waals surface area (Å²) in [5.41, 5.74) is 2.85. The minimum absolute atomic E-state index is 0.102. The van der Waals surface area contributed by atoms with Crippen molar-refractivity contribution < 1.29 is 13.2 Å². The second-order valence-electron chi connectivity index (χ2n) is 7.16. The van der Waals surface area contributed by atoms with Crippen molar-refractivity contribution in [2.45, 2.75) is 44.4 Å². The van der Waals surface area contributed by atoms with Crippen LogP contribution in [0.3, 0.4) is 0 Å². The molecule has 0 radical (unpaired) electrons. The molecule has 0 atom stereocenters. The van der Waals surface area contributed by atoms with Crippen molar-refractivity contribution in [2.75, 3.05) is 18.4 Å². The zero-order valence-electron chi connectivity index (χ0n) is 16.2. The molecule has 2 aromatic rings. The van der Waals surface area contributed by atoms with E-state index in [0.29, 0.717) is 18.8 Å². The summed E-state index contributed by atoms with van der Waals surface area (Å²) in [5.74, 6) is -0.424. The maximum Gasteiger partial charge on any atom is 0.257 e. The molecule has 3 rings (SSSR count). The van der Waals surface area contributed by atoms with Crippen LogP contribution in [0, 0.1) is 13.8 Å². The molecule has 1 amide bonds.